The molecule has 5 rings (SSSR count). The van der Waals surface area contributed by atoms with Crippen LogP contribution in [0, 0.1) is 0 Å². The Morgan fingerprint density at radius 2 is 1.66 bits per heavy atom. The van der Waals surface area contributed by atoms with Gasteiger partial charge in [0.25, 0.3) is 5.89 Å². The Bertz CT molecular complexity index is 1530. The number of aliphatic hydroxyl groups is 2. The number of imidazole rings is 1. The van der Waals surface area contributed by atoms with E-state index >= 15 is 0 Å². The van der Waals surface area contributed by atoms with Crippen molar-refractivity contribution in [2.24, 2.45) is 0 Å². The number of aromatic nitrogens is 5. The third-order valence-corrected chi connectivity index (χ3v) is 5.49. The van der Waals surface area contributed by atoms with Crippen LogP contribution in [0.3, 0.4) is 0 Å². The van der Waals surface area contributed by atoms with E-state index in [9.17, 15) is 32.2 Å². The molecule has 0 bridgehead atoms. The lowest BCUT2D eigenvalue weighted by molar-refractivity contribution is -0.290. The van der Waals surface area contributed by atoms with Gasteiger partial charge in [-0.15, -0.1) is 10.2 Å². The molecule has 4 aromatic heterocycles. The molecular formula is C22H14F5N5O3. The SMILES string of the molecule is OCc1ccc(-c2cc(C(F)(F)C(F)(F)F)nc3c2ccc2nc(-c4nnco4)c(CO)n23)cc1. The van der Waals surface area contributed by atoms with E-state index in [4.69, 9.17) is 4.42 Å². The van der Waals surface area contributed by atoms with Crippen LogP contribution in [0.25, 0.3) is 39.4 Å². The number of benzene rings is 1. The smallest absolute Gasteiger partial charge is 0.422 e. The molecule has 8 nitrogen and oxygen atoms in total. The minimum absolute atomic E-state index is 0.0106. The van der Waals surface area contributed by atoms with Crippen molar-refractivity contribution < 1.29 is 36.6 Å². The van der Waals surface area contributed by atoms with Gasteiger partial charge in [-0.3, -0.25) is 4.40 Å². The van der Waals surface area contributed by atoms with Crippen LogP contribution in [0.4, 0.5) is 22.0 Å². The number of hydrogen-bond donors (Lipinski definition) is 2. The molecule has 1 aromatic carbocycles. The summed E-state index contributed by atoms with van der Waals surface area (Å²) in [5.41, 5.74) is -0.783. The molecule has 0 aliphatic rings. The molecular weight excluding hydrogens is 477 g/mol. The van der Waals surface area contributed by atoms with Crippen molar-refractivity contribution in [3.63, 3.8) is 0 Å². The minimum Gasteiger partial charge on any atom is -0.422 e. The molecule has 0 atom stereocenters. The second-order valence-electron chi connectivity index (χ2n) is 7.56. The van der Waals surface area contributed by atoms with Gasteiger partial charge in [0.05, 0.1) is 18.9 Å². The quantitative estimate of drug-likeness (QED) is 0.354. The summed E-state index contributed by atoms with van der Waals surface area (Å²) in [6, 6.07) is 9.68. The first kappa shape index (κ1) is 22.8. The zero-order valence-electron chi connectivity index (χ0n) is 17.5. The summed E-state index contributed by atoms with van der Waals surface area (Å²) in [5.74, 6) is -5.35. The van der Waals surface area contributed by atoms with Gasteiger partial charge in [-0.25, -0.2) is 9.97 Å². The third kappa shape index (κ3) is 3.59. The molecule has 0 unspecified atom stereocenters. The van der Waals surface area contributed by atoms with Gasteiger partial charge in [0, 0.05) is 5.39 Å². The monoisotopic (exact) mass is 491 g/mol. The number of pyridine rings is 2. The second kappa shape index (κ2) is 8.06. The van der Waals surface area contributed by atoms with Crippen molar-refractivity contribution in [2.45, 2.75) is 25.3 Å². The lowest BCUT2D eigenvalue weighted by Crippen LogP contribution is -2.34. The van der Waals surface area contributed by atoms with Gasteiger partial charge in [-0.1, -0.05) is 24.3 Å². The van der Waals surface area contributed by atoms with Gasteiger partial charge >= 0.3 is 12.1 Å². The highest BCUT2D eigenvalue weighted by molar-refractivity contribution is 5.95. The fraction of sp³-hybridized carbons (Fsp3) is 0.182. The van der Waals surface area contributed by atoms with Gasteiger partial charge in [0.2, 0.25) is 6.39 Å². The van der Waals surface area contributed by atoms with E-state index in [1.807, 2.05) is 0 Å². The fourth-order valence-electron chi connectivity index (χ4n) is 3.78. The molecule has 0 saturated carbocycles. The van der Waals surface area contributed by atoms with E-state index in [-0.39, 0.29) is 46.1 Å². The van der Waals surface area contributed by atoms with Crippen LogP contribution in [0.2, 0.25) is 0 Å². The Hall–Kier alpha value is -3.97. The molecule has 4 heterocycles. The van der Waals surface area contributed by atoms with E-state index < -0.39 is 24.4 Å². The van der Waals surface area contributed by atoms with Gasteiger partial charge in [0.1, 0.15) is 17.0 Å². The molecule has 13 heteroatoms. The van der Waals surface area contributed by atoms with Crippen LogP contribution in [-0.4, -0.2) is 41.0 Å². The summed E-state index contributed by atoms with van der Waals surface area (Å²) in [4.78, 5) is 7.97. The number of fused-ring (bicyclic) bond motifs is 3. The lowest BCUT2D eigenvalue weighted by atomic mass is 9.99. The molecule has 0 aliphatic heterocycles. The second-order valence-corrected chi connectivity index (χ2v) is 7.56. The highest BCUT2D eigenvalue weighted by Gasteiger charge is 2.60. The summed E-state index contributed by atoms with van der Waals surface area (Å²) in [6.07, 6.45) is -4.88. The predicted octanol–water partition coefficient (Wildman–Crippen LogP) is 4.24. The van der Waals surface area contributed by atoms with Gasteiger partial charge in [-0.05, 0) is 34.9 Å². The van der Waals surface area contributed by atoms with E-state index in [2.05, 4.69) is 20.2 Å². The van der Waals surface area contributed by atoms with Crippen LogP contribution in [-0.2, 0) is 19.1 Å². The molecule has 0 fully saturated rings. The highest BCUT2D eigenvalue weighted by atomic mass is 19.4. The lowest BCUT2D eigenvalue weighted by Gasteiger charge is -2.21. The van der Waals surface area contributed by atoms with Crippen molar-refractivity contribution in [2.75, 3.05) is 0 Å². The molecule has 0 saturated heterocycles. The normalized spacial score (nSPS) is 12.7. The summed E-state index contributed by atoms with van der Waals surface area (Å²) >= 11 is 0. The first-order chi connectivity index (χ1) is 16.7. The maximum absolute atomic E-state index is 14.5. The largest absolute Gasteiger partial charge is 0.459 e. The van der Waals surface area contributed by atoms with Crippen molar-refractivity contribution in [3.05, 3.63) is 65.8 Å². The molecule has 0 spiro atoms. The topological polar surface area (TPSA) is 110 Å². The van der Waals surface area contributed by atoms with Crippen LogP contribution in [0.1, 0.15) is 17.0 Å². The molecule has 0 radical (unpaired) electrons. The molecule has 0 aliphatic carbocycles. The first-order valence-corrected chi connectivity index (χ1v) is 10.0. The zero-order chi connectivity index (χ0) is 25.0. The van der Waals surface area contributed by atoms with Crippen molar-refractivity contribution in [1.29, 1.82) is 0 Å². The Labute approximate surface area is 192 Å². The molecule has 2 N–H and O–H groups in total. The van der Waals surface area contributed by atoms with Crippen LogP contribution >= 0.6 is 0 Å². The Balaban J connectivity index is 1.89. The highest BCUT2D eigenvalue weighted by Crippen LogP contribution is 2.45. The third-order valence-electron chi connectivity index (χ3n) is 5.49. The number of hydrogen-bond acceptors (Lipinski definition) is 7. The average Bonchev–Trinajstić information content (AvgIpc) is 3.50. The molecule has 0 amide bonds. The first-order valence-electron chi connectivity index (χ1n) is 10.0. The summed E-state index contributed by atoms with van der Waals surface area (Å²) < 4.78 is 75.2. The van der Waals surface area contributed by atoms with Crippen molar-refractivity contribution in [1.82, 2.24) is 24.6 Å². The number of nitrogens with zero attached hydrogens (tertiary/aromatic N) is 5. The molecule has 180 valence electrons. The van der Waals surface area contributed by atoms with Gasteiger partial charge in [0.15, 0.2) is 5.69 Å². The minimum atomic E-state index is -5.90. The number of rotatable bonds is 5. The standard InChI is InChI=1S/C22H14F5N5O3/c23-21(24,22(25,26)27)16-7-14(12-3-1-11(8-33)2-4-12)13-5-6-17-30-18(20-31-28-10-35-20)15(9-34)32(17)19(13)29-16/h1-7,10,33-34H,8-9H2. The van der Waals surface area contributed by atoms with Crippen LogP contribution in [0.5, 0.6) is 0 Å². The average molecular weight is 491 g/mol. The van der Waals surface area contributed by atoms with Gasteiger partial charge < -0.3 is 14.6 Å². The Morgan fingerprint density at radius 1 is 0.914 bits per heavy atom. The van der Waals surface area contributed by atoms with Crippen molar-refractivity contribution in [3.8, 4) is 22.7 Å². The molecule has 5 aromatic rings. The number of alkyl halides is 5. The predicted molar refractivity (Wildman–Crippen MR) is 111 cm³/mol. The number of aliphatic hydroxyl groups excluding tert-OH is 2. The van der Waals surface area contributed by atoms with Crippen LogP contribution in [0.15, 0.2) is 53.3 Å². The zero-order valence-corrected chi connectivity index (χ0v) is 17.5. The summed E-state index contributed by atoms with van der Waals surface area (Å²) in [7, 11) is 0. The van der Waals surface area contributed by atoms with E-state index in [0.717, 1.165) is 6.39 Å². The Morgan fingerprint density at radius 3 is 2.26 bits per heavy atom. The van der Waals surface area contributed by atoms with E-state index in [1.54, 1.807) is 0 Å². The fourth-order valence-corrected chi connectivity index (χ4v) is 3.78. The van der Waals surface area contributed by atoms with Gasteiger partial charge in [-0.2, -0.15) is 22.0 Å². The molecule has 35 heavy (non-hydrogen) atoms. The maximum atomic E-state index is 14.5. The summed E-state index contributed by atoms with van der Waals surface area (Å²) in [5, 5.41) is 26.8. The number of halogens is 5. The van der Waals surface area contributed by atoms with Crippen LogP contribution < -0.4 is 0 Å². The van der Waals surface area contributed by atoms with E-state index in [0.29, 0.717) is 17.2 Å². The Kier molecular flexibility index (Phi) is 5.25. The van der Waals surface area contributed by atoms with Crippen molar-refractivity contribution >= 4 is 16.7 Å². The summed E-state index contributed by atoms with van der Waals surface area (Å²) in [6.45, 7) is -0.956. The maximum Gasteiger partial charge on any atom is 0.459 e. The van der Waals surface area contributed by atoms with E-state index in [1.165, 1.54) is 40.8 Å².